The zero-order chi connectivity index (χ0) is 19.0. The van der Waals surface area contributed by atoms with Crippen LogP contribution in [-0.2, 0) is 16.4 Å². The Balaban J connectivity index is 0.00000364. The van der Waals surface area contributed by atoms with E-state index in [9.17, 15) is 8.42 Å². The van der Waals surface area contributed by atoms with Crippen LogP contribution in [-0.4, -0.2) is 45.5 Å². The maximum Gasteiger partial charge on any atom is 0.250 e. The van der Waals surface area contributed by atoms with Crippen molar-refractivity contribution >= 4 is 62.6 Å². The quantitative estimate of drug-likeness (QED) is 0.196. The first-order chi connectivity index (χ1) is 12.4. The summed E-state index contributed by atoms with van der Waals surface area (Å²) >= 11 is 2.91. The van der Waals surface area contributed by atoms with Gasteiger partial charge in [-0.1, -0.05) is 6.07 Å². The summed E-state index contributed by atoms with van der Waals surface area (Å²) in [5.74, 6) is 0.674. The van der Waals surface area contributed by atoms with E-state index in [0.29, 0.717) is 16.7 Å². The van der Waals surface area contributed by atoms with Gasteiger partial charge in [-0.15, -0.1) is 46.7 Å². The van der Waals surface area contributed by atoms with E-state index in [4.69, 9.17) is 0 Å². The summed E-state index contributed by atoms with van der Waals surface area (Å²) in [6.45, 7) is 8.15. The molecule has 0 bridgehead atoms. The Morgan fingerprint density at radius 1 is 1.26 bits per heavy atom. The van der Waals surface area contributed by atoms with Crippen LogP contribution in [0.1, 0.15) is 22.5 Å². The highest BCUT2D eigenvalue weighted by Crippen LogP contribution is 2.16. The fraction of sp³-hybridized carbons (Fsp3) is 0.500. The van der Waals surface area contributed by atoms with Crippen molar-refractivity contribution in [1.82, 2.24) is 20.3 Å². The Bertz CT molecular complexity index is 800. The predicted molar refractivity (Wildman–Crippen MR) is 124 cm³/mol. The van der Waals surface area contributed by atoms with Gasteiger partial charge in [0.1, 0.15) is 4.21 Å². The van der Waals surface area contributed by atoms with Crippen LogP contribution in [0, 0.1) is 13.8 Å². The standard InChI is InChI=1S/C16H25N5O2S3.HI/c1-4-17-16(18-8-7-14-21-12(2)13(3)25-14)19-9-10-20-26(22,23)15-6-5-11-24-15;/h5-6,11,20H,4,7-10H2,1-3H3,(H2,17,18,19);1H. The van der Waals surface area contributed by atoms with Crippen LogP contribution in [0.2, 0.25) is 0 Å². The lowest BCUT2D eigenvalue weighted by atomic mass is 10.4. The normalized spacial score (nSPS) is 11.9. The second-order valence-corrected chi connectivity index (χ2v) is 9.75. The van der Waals surface area contributed by atoms with Gasteiger partial charge in [0.05, 0.1) is 17.2 Å². The number of hydrogen-bond donors (Lipinski definition) is 3. The average Bonchev–Trinajstić information content (AvgIpc) is 3.23. The summed E-state index contributed by atoms with van der Waals surface area (Å²) in [4.78, 5) is 10.2. The van der Waals surface area contributed by atoms with Gasteiger partial charge >= 0.3 is 0 Å². The molecule has 0 fully saturated rings. The number of sulfonamides is 1. The molecule has 2 aromatic heterocycles. The first kappa shape index (κ1) is 24.3. The summed E-state index contributed by atoms with van der Waals surface area (Å²) in [6.07, 6.45) is 0.828. The van der Waals surface area contributed by atoms with Crippen molar-refractivity contribution in [3.63, 3.8) is 0 Å². The summed E-state index contributed by atoms with van der Waals surface area (Å²) < 4.78 is 27.0. The van der Waals surface area contributed by atoms with Crippen molar-refractivity contribution in [3.8, 4) is 0 Å². The van der Waals surface area contributed by atoms with Crippen molar-refractivity contribution in [3.05, 3.63) is 33.1 Å². The molecule has 2 heterocycles. The van der Waals surface area contributed by atoms with Crippen LogP contribution in [0.25, 0.3) is 0 Å². The molecule has 0 saturated carbocycles. The molecular weight excluding hydrogens is 517 g/mol. The van der Waals surface area contributed by atoms with Gasteiger partial charge in [0.25, 0.3) is 0 Å². The Hall–Kier alpha value is -0.760. The predicted octanol–water partition coefficient (Wildman–Crippen LogP) is 2.52. The number of nitrogens with one attached hydrogen (secondary N) is 3. The summed E-state index contributed by atoms with van der Waals surface area (Å²) in [7, 11) is -3.43. The Morgan fingerprint density at radius 2 is 2.04 bits per heavy atom. The number of nitrogens with zero attached hydrogens (tertiary/aromatic N) is 2. The SMILES string of the molecule is CCNC(=NCCNS(=O)(=O)c1cccs1)NCCc1nc(C)c(C)s1.I. The van der Waals surface area contributed by atoms with E-state index in [1.54, 1.807) is 28.8 Å². The van der Waals surface area contributed by atoms with Crippen LogP contribution in [0.3, 0.4) is 0 Å². The molecule has 0 amide bonds. The second-order valence-electron chi connectivity index (χ2n) is 5.52. The molecule has 11 heteroatoms. The van der Waals surface area contributed by atoms with E-state index in [1.165, 1.54) is 16.2 Å². The number of aryl methyl sites for hydroxylation is 2. The molecule has 2 rings (SSSR count). The van der Waals surface area contributed by atoms with Crippen molar-refractivity contribution in [2.75, 3.05) is 26.2 Å². The number of rotatable bonds is 9. The number of aromatic nitrogens is 1. The molecule has 0 radical (unpaired) electrons. The third-order valence-electron chi connectivity index (χ3n) is 3.48. The van der Waals surface area contributed by atoms with Crippen molar-refractivity contribution in [1.29, 1.82) is 0 Å². The highest BCUT2D eigenvalue weighted by atomic mass is 127. The van der Waals surface area contributed by atoms with Gasteiger partial charge in [-0.05, 0) is 32.2 Å². The molecule has 27 heavy (non-hydrogen) atoms. The number of hydrogen-bond acceptors (Lipinski definition) is 6. The Morgan fingerprint density at radius 3 is 2.63 bits per heavy atom. The van der Waals surface area contributed by atoms with Gasteiger partial charge in [0.2, 0.25) is 10.0 Å². The van der Waals surface area contributed by atoms with Gasteiger partial charge in [0.15, 0.2) is 5.96 Å². The van der Waals surface area contributed by atoms with Gasteiger partial charge in [0, 0.05) is 30.9 Å². The summed E-state index contributed by atoms with van der Waals surface area (Å²) in [5.41, 5.74) is 1.09. The molecule has 0 aliphatic heterocycles. The van der Waals surface area contributed by atoms with Gasteiger partial charge in [-0.2, -0.15) is 0 Å². The van der Waals surface area contributed by atoms with Crippen LogP contribution >= 0.6 is 46.7 Å². The molecule has 7 nitrogen and oxygen atoms in total. The molecule has 0 aliphatic carbocycles. The lowest BCUT2D eigenvalue weighted by Crippen LogP contribution is -2.39. The van der Waals surface area contributed by atoms with Gasteiger partial charge < -0.3 is 10.6 Å². The molecule has 3 N–H and O–H groups in total. The first-order valence-electron chi connectivity index (χ1n) is 8.40. The van der Waals surface area contributed by atoms with Gasteiger partial charge in [-0.25, -0.2) is 18.1 Å². The van der Waals surface area contributed by atoms with E-state index >= 15 is 0 Å². The van der Waals surface area contributed by atoms with E-state index in [0.717, 1.165) is 30.2 Å². The second kappa shape index (κ2) is 11.9. The highest BCUT2D eigenvalue weighted by molar-refractivity contribution is 14.0. The molecule has 0 atom stereocenters. The fourth-order valence-electron chi connectivity index (χ4n) is 2.11. The molecule has 0 unspecified atom stereocenters. The van der Waals surface area contributed by atoms with E-state index < -0.39 is 10.0 Å². The monoisotopic (exact) mass is 543 g/mol. The maximum atomic E-state index is 12.0. The lowest BCUT2D eigenvalue weighted by Gasteiger charge is -2.10. The zero-order valence-electron chi connectivity index (χ0n) is 15.6. The van der Waals surface area contributed by atoms with Crippen LogP contribution in [0.15, 0.2) is 26.7 Å². The molecular formula is C16H26IN5O2S3. The van der Waals surface area contributed by atoms with Crippen molar-refractivity contribution < 1.29 is 8.42 Å². The zero-order valence-corrected chi connectivity index (χ0v) is 20.4. The Kier molecular flexibility index (Phi) is 10.7. The number of halogens is 1. The number of aliphatic imine (C=N–C) groups is 1. The largest absolute Gasteiger partial charge is 0.357 e. The Labute approximate surface area is 186 Å². The highest BCUT2D eigenvalue weighted by Gasteiger charge is 2.13. The number of thiophene rings is 1. The molecule has 152 valence electrons. The topological polar surface area (TPSA) is 95.5 Å². The van der Waals surface area contributed by atoms with Crippen LogP contribution < -0.4 is 15.4 Å². The third kappa shape index (κ3) is 8.02. The lowest BCUT2D eigenvalue weighted by molar-refractivity contribution is 0.584. The first-order valence-corrected chi connectivity index (χ1v) is 11.6. The minimum absolute atomic E-state index is 0. The smallest absolute Gasteiger partial charge is 0.250 e. The van der Waals surface area contributed by atoms with Crippen LogP contribution in [0.5, 0.6) is 0 Å². The van der Waals surface area contributed by atoms with Gasteiger partial charge in [-0.3, -0.25) is 4.99 Å². The minimum atomic E-state index is -3.43. The summed E-state index contributed by atoms with van der Waals surface area (Å²) in [6, 6.07) is 3.31. The van der Waals surface area contributed by atoms with E-state index in [-0.39, 0.29) is 30.5 Å². The number of thiazole rings is 1. The average molecular weight is 544 g/mol. The molecule has 2 aromatic rings. The molecule has 0 spiro atoms. The summed E-state index contributed by atoms with van der Waals surface area (Å²) in [5, 5.41) is 9.26. The molecule has 0 aromatic carbocycles. The van der Waals surface area contributed by atoms with Crippen molar-refractivity contribution in [2.24, 2.45) is 4.99 Å². The minimum Gasteiger partial charge on any atom is -0.357 e. The van der Waals surface area contributed by atoms with E-state index in [2.05, 4.69) is 32.3 Å². The third-order valence-corrected chi connectivity index (χ3v) is 7.47. The molecule has 0 aliphatic rings. The fourth-order valence-corrected chi connectivity index (χ4v) is 5.10. The van der Waals surface area contributed by atoms with E-state index in [1.807, 2.05) is 13.8 Å². The molecule has 0 saturated heterocycles. The maximum absolute atomic E-state index is 12.0. The number of guanidine groups is 1. The van der Waals surface area contributed by atoms with Crippen LogP contribution in [0.4, 0.5) is 0 Å². The van der Waals surface area contributed by atoms with Crippen molar-refractivity contribution in [2.45, 2.75) is 31.4 Å².